The number of carbonyl (C=O) groups excluding carboxylic acids is 1. The van der Waals surface area contributed by atoms with Crippen LogP contribution in [0, 0.1) is 13.8 Å². The second-order valence-electron chi connectivity index (χ2n) is 5.54. The highest BCUT2D eigenvalue weighted by atomic mass is 16.1. The Morgan fingerprint density at radius 3 is 2.50 bits per heavy atom. The predicted molar refractivity (Wildman–Crippen MR) is 81.2 cm³/mol. The van der Waals surface area contributed by atoms with Crippen molar-refractivity contribution < 1.29 is 4.79 Å². The number of aryl methyl sites for hydroxylation is 2. The monoisotopic (exact) mass is 265 g/mol. The molecule has 0 saturated heterocycles. The summed E-state index contributed by atoms with van der Waals surface area (Å²) in [6.07, 6.45) is 1.05. The number of nitrogens with one attached hydrogen (secondary N) is 1. The summed E-state index contributed by atoms with van der Waals surface area (Å²) in [6.45, 7) is 6.00. The first-order valence-electron chi connectivity index (χ1n) is 7.09. The molecule has 1 aliphatic rings. The summed E-state index contributed by atoms with van der Waals surface area (Å²) in [5.41, 5.74) is 6.56. The van der Waals surface area contributed by atoms with Crippen LogP contribution in [0.15, 0.2) is 36.4 Å². The van der Waals surface area contributed by atoms with Crippen LogP contribution in [-0.2, 0) is 13.0 Å². The average Bonchev–Trinajstić information content (AvgIpc) is 2.49. The molecule has 2 aromatic rings. The summed E-state index contributed by atoms with van der Waals surface area (Å²) in [5.74, 6) is 0.112. The Morgan fingerprint density at radius 2 is 1.70 bits per heavy atom. The van der Waals surface area contributed by atoms with Crippen LogP contribution in [0.1, 0.15) is 38.2 Å². The maximum Gasteiger partial charge on any atom is 0.193 e. The Hall–Kier alpha value is -1.93. The number of benzene rings is 2. The van der Waals surface area contributed by atoms with Gasteiger partial charge in [-0.25, -0.2) is 0 Å². The lowest BCUT2D eigenvalue weighted by atomic mass is 9.94. The van der Waals surface area contributed by atoms with Gasteiger partial charge in [0.25, 0.3) is 0 Å². The van der Waals surface area contributed by atoms with Crippen molar-refractivity contribution in [1.29, 1.82) is 0 Å². The van der Waals surface area contributed by atoms with Gasteiger partial charge in [-0.2, -0.15) is 0 Å². The summed E-state index contributed by atoms with van der Waals surface area (Å²) in [5, 5.41) is 3.35. The molecule has 0 aliphatic carbocycles. The number of hydrogen-bond acceptors (Lipinski definition) is 2. The van der Waals surface area contributed by atoms with Gasteiger partial charge in [-0.15, -0.1) is 0 Å². The van der Waals surface area contributed by atoms with Gasteiger partial charge in [-0.3, -0.25) is 4.79 Å². The van der Waals surface area contributed by atoms with E-state index in [-0.39, 0.29) is 5.78 Å². The number of fused-ring (bicyclic) bond motifs is 1. The first-order chi connectivity index (χ1) is 9.65. The van der Waals surface area contributed by atoms with Gasteiger partial charge in [0.05, 0.1) is 0 Å². The summed E-state index contributed by atoms with van der Waals surface area (Å²) in [6, 6.07) is 12.0. The molecule has 3 rings (SSSR count). The SMILES string of the molecule is Cc1ccc(C(=O)c2ccc3c(c2)CNCC3)cc1C. The second kappa shape index (κ2) is 5.22. The summed E-state index contributed by atoms with van der Waals surface area (Å²) < 4.78 is 0. The van der Waals surface area contributed by atoms with E-state index in [1.807, 2.05) is 37.3 Å². The van der Waals surface area contributed by atoms with E-state index in [1.165, 1.54) is 16.7 Å². The van der Waals surface area contributed by atoms with Gasteiger partial charge in [0.1, 0.15) is 0 Å². The molecule has 1 aliphatic heterocycles. The molecule has 102 valence electrons. The van der Waals surface area contributed by atoms with E-state index in [9.17, 15) is 4.79 Å². The molecule has 2 nitrogen and oxygen atoms in total. The van der Waals surface area contributed by atoms with Crippen molar-refractivity contribution in [2.45, 2.75) is 26.8 Å². The molecule has 0 bridgehead atoms. The van der Waals surface area contributed by atoms with Crippen LogP contribution in [0.4, 0.5) is 0 Å². The van der Waals surface area contributed by atoms with Crippen molar-refractivity contribution >= 4 is 5.78 Å². The molecule has 0 aromatic heterocycles. The highest BCUT2D eigenvalue weighted by Crippen LogP contribution is 2.19. The van der Waals surface area contributed by atoms with Crippen LogP contribution in [-0.4, -0.2) is 12.3 Å². The van der Waals surface area contributed by atoms with Crippen LogP contribution in [0.3, 0.4) is 0 Å². The third-order valence-electron chi connectivity index (χ3n) is 4.12. The zero-order valence-electron chi connectivity index (χ0n) is 12.0. The molecule has 0 radical (unpaired) electrons. The smallest absolute Gasteiger partial charge is 0.193 e. The fourth-order valence-corrected chi connectivity index (χ4v) is 2.67. The molecule has 0 unspecified atom stereocenters. The zero-order chi connectivity index (χ0) is 14.1. The molecular formula is C18H19NO. The van der Waals surface area contributed by atoms with Gasteiger partial charge in [0.2, 0.25) is 0 Å². The number of rotatable bonds is 2. The van der Waals surface area contributed by atoms with Gasteiger partial charge in [-0.05, 0) is 61.2 Å². The van der Waals surface area contributed by atoms with E-state index in [0.717, 1.165) is 36.2 Å². The molecule has 0 fully saturated rings. The second-order valence-corrected chi connectivity index (χ2v) is 5.54. The molecule has 0 saturated carbocycles. The topological polar surface area (TPSA) is 29.1 Å². The van der Waals surface area contributed by atoms with Gasteiger partial charge in [0.15, 0.2) is 5.78 Å². The number of ketones is 1. The fourth-order valence-electron chi connectivity index (χ4n) is 2.67. The van der Waals surface area contributed by atoms with E-state index in [0.29, 0.717) is 0 Å². The summed E-state index contributed by atoms with van der Waals surface area (Å²) >= 11 is 0. The molecule has 0 atom stereocenters. The Labute approximate surface area is 119 Å². The molecule has 1 heterocycles. The fraction of sp³-hybridized carbons (Fsp3) is 0.278. The number of hydrogen-bond donors (Lipinski definition) is 1. The number of carbonyl (C=O) groups is 1. The maximum absolute atomic E-state index is 12.6. The Balaban J connectivity index is 1.95. The first kappa shape index (κ1) is 13.1. The third kappa shape index (κ3) is 2.39. The molecule has 0 spiro atoms. The molecular weight excluding hydrogens is 246 g/mol. The minimum atomic E-state index is 0.112. The van der Waals surface area contributed by atoms with Crippen LogP contribution in [0.25, 0.3) is 0 Å². The Kier molecular flexibility index (Phi) is 3.41. The first-order valence-corrected chi connectivity index (χ1v) is 7.09. The van der Waals surface area contributed by atoms with E-state index in [4.69, 9.17) is 0 Å². The molecule has 1 N–H and O–H groups in total. The van der Waals surface area contributed by atoms with Gasteiger partial charge < -0.3 is 5.32 Å². The normalized spacial score (nSPS) is 13.9. The molecule has 2 heteroatoms. The maximum atomic E-state index is 12.6. The van der Waals surface area contributed by atoms with E-state index in [2.05, 4.69) is 18.3 Å². The minimum Gasteiger partial charge on any atom is -0.312 e. The van der Waals surface area contributed by atoms with E-state index >= 15 is 0 Å². The highest BCUT2D eigenvalue weighted by Gasteiger charge is 2.14. The molecule has 20 heavy (non-hydrogen) atoms. The predicted octanol–water partition coefficient (Wildman–Crippen LogP) is 3.18. The highest BCUT2D eigenvalue weighted by molar-refractivity contribution is 6.09. The van der Waals surface area contributed by atoms with Gasteiger partial charge in [-0.1, -0.05) is 24.3 Å². The zero-order valence-corrected chi connectivity index (χ0v) is 12.0. The Morgan fingerprint density at radius 1 is 0.950 bits per heavy atom. The average molecular weight is 265 g/mol. The van der Waals surface area contributed by atoms with Crippen molar-refractivity contribution in [3.63, 3.8) is 0 Å². The minimum absolute atomic E-state index is 0.112. The van der Waals surface area contributed by atoms with Crippen LogP contribution >= 0.6 is 0 Å². The summed E-state index contributed by atoms with van der Waals surface area (Å²) in [7, 11) is 0. The lowest BCUT2D eigenvalue weighted by molar-refractivity contribution is 0.103. The van der Waals surface area contributed by atoms with Crippen LogP contribution in [0.2, 0.25) is 0 Å². The molecule has 2 aromatic carbocycles. The van der Waals surface area contributed by atoms with Crippen molar-refractivity contribution in [3.05, 3.63) is 69.8 Å². The van der Waals surface area contributed by atoms with Crippen LogP contribution in [0.5, 0.6) is 0 Å². The van der Waals surface area contributed by atoms with Crippen molar-refractivity contribution in [2.75, 3.05) is 6.54 Å². The van der Waals surface area contributed by atoms with Crippen molar-refractivity contribution in [1.82, 2.24) is 5.32 Å². The van der Waals surface area contributed by atoms with Crippen LogP contribution < -0.4 is 5.32 Å². The van der Waals surface area contributed by atoms with Crippen molar-refractivity contribution in [3.8, 4) is 0 Å². The van der Waals surface area contributed by atoms with Gasteiger partial charge >= 0.3 is 0 Å². The molecule has 0 amide bonds. The lowest BCUT2D eigenvalue weighted by Gasteiger charge is -2.17. The van der Waals surface area contributed by atoms with Crippen molar-refractivity contribution in [2.24, 2.45) is 0 Å². The lowest BCUT2D eigenvalue weighted by Crippen LogP contribution is -2.23. The largest absolute Gasteiger partial charge is 0.312 e. The third-order valence-corrected chi connectivity index (χ3v) is 4.12. The standard InChI is InChI=1S/C18H19NO/c1-12-3-4-15(9-13(12)2)18(20)16-6-5-14-7-8-19-11-17(14)10-16/h3-6,9-10,19H,7-8,11H2,1-2H3. The van der Waals surface area contributed by atoms with E-state index in [1.54, 1.807) is 0 Å². The van der Waals surface area contributed by atoms with Gasteiger partial charge in [0, 0.05) is 17.7 Å². The summed E-state index contributed by atoms with van der Waals surface area (Å²) in [4.78, 5) is 12.6. The van der Waals surface area contributed by atoms with E-state index < -0.39 is 0 Å². The Bertz CT molecular complexity index is 673. The quantitative estimate of drug-likeness (QED) is 0.845.